The van der Waals surface area contributed by atoms with Crippen LogP contribution in [-0.4, -0.2) is 46.9 Å². The van der Waals surface area contributed by atoms with Crippen LogP contribution in [0.1, 0.15) is 297 Å². The van der Waals surface area contributed by atoms with Gasteiger partial charge in [-0.3, -0.25) is 9.59 Å². The first-order valence-corrected chi connectivity index (χ1v) is 28.2. The van der Waals surface area contributed by atoms with Crippen molar-refractivity contribution in [2.75, 3.05) is 6.61 Å². The molecule has 0 aromatic carbocycles. The molecule has 3 N–H and O–H groups in total. The average molecular weight is 901 g/mol. The number of aliphatic hydroxyl groups excluding tert-OH is 2. The molecule has 6 nitrogen and oxygen atoms in total. The van der Waals surface area contributed by atoms with Gasteiger partial charge in [0.25, 0.3) is 0 Å². The van der Waals surface area contributed by atoms with Crippen molar-refractivity contribution in [3.8, 4) is 0 Å². The third kappa shape index (κ3) is 46.6. The molecule has 1 amide bonds. The molecule has 0 aromatic heterocycles. The Hall–Kier alpha value is -1.92. The van der Waals surface area contributed by atoms with Gasteiger partial charge in [-0.15, -0.1) is 0 Å². The minimum Gasteiger partial charge on any atom is -0.462 e. The van der Waals surface area contributed by atoms with Crippen LogP contribution in [0.15, 0.2) is 36.5 Å². The second kappa shape index (κ2) is 52.1. The number of esters is 1. The SMILES string of the molecule is CCCCC/C=C/C=C/CCCCCCCCC(=O)OC(CCCCC/C=C/CCCCCCCCCCC)CC(=O)NC(CO)C(O)CCCCCCCCCCCCCCCC. The molecule has 0 aromatic rings. The number of nitrogens with one attached hydrogen (secondary N) is 1. The van der Waals surface area contributed by atoms with E-state index in [1.54, 1.807) is 0 Å². The van der Waals surface area contributed by atoms with Crippen molar-refractivity contribution in [2.45, 2.75) is 315 Å². The lowest BCUT2D eigenvalue weighted by atomic mass is 10.0. The maximum atomic E-state index is 13.2. The second-order valence-electron chi connectivity index (χ2n) is 19.4. The van der Waals surface area contributed by atoms with Crippen molar-refractivity contribution in [3.05, 3.63) is 36.5 Å². The Morgan fingerprint density at radius 3 is 1.25 bits per heavy atom. The molecule has 0 aliphatic rings. The van der Waals surface area contributed by atoms with E-state index in [4.69, 9.17) is 4.74 Å². The van der Waals surface area contributed by atoms with Gasteiger partial charge in [0.15, 0.2) is 0 Å². The zero-order chi connectivity index (χ0) is 46.7. The Morgan fingerprint density at radius 2 is 0.797 bits per heavy atom. The summed E-state index contributed by atoms with van der Waals surface area (Å²) in [5.41, 5.74) is 0. The maximum absolute atomic E-state index is 13.2. The van der Waals surface area contributed by atoms with Gasteiger partial charge in [-0.25, -0.2) is 0 Å². The van der Waals surface area contributed by atoms with Crippen molar-refractivity contribution >= 4 is 11.9 Å². The quantitative estimate of drug-likeness (QED) is 0.0245. The minimum absolute atomic E-state index is 0.0650. The van der Waals surface area contributed by atoms with Gasteiger partial charge >= 0.3 is 5.97 Å². The number of hydrogen-bond acceptors (Lipinski definition) is 5. The monoisotopic (exact) mass is 900 g/mol. The topological polar surface area (TPSA) is 95.9 Å². The van der Waals surface area contributed by atoms with E-state index in [9.17, 15) is 19.8 Å². The fourth-order valence-electron chi connectivity index (χ4n) is 8.65. The zero-order valence-corrected chi connectivity index (χ0v) is 42.9. The van der Waals surface area contributed by atoms with E-state index in [0.717, 1.165) is 70.6 Å². The number of hydrogen-bond donors (Lipinski definition) is 3. The summed E-state index contributed by atoms with van der Waals surface area (Å²) < 4.78 is 5.95. The van der Waals surface area contributed by atoms with Crippen molar-refractivity contribution in [1.29, 1.82) is 0 Å². The van der Waals surface area contributed by atoms with Crippen molar-refractivity contribution in [2.24, 2.45) is 0 Å². The highest BCUT2D eigenvalue weighted by Crippen LogP contribution is 2.18. The molecule has 3 atom stereocenters. The third-order valence-electron chi connectivity index (χ3n) is 13.0. The number of aliphatic hydroxyl groups is 2. The highest BCUT2D eigenvalue weighted by atomic mass is 16.5. The van der Waals surface area contributed by atoms with Crippen molar-refractivity contribution in [1.82, 2.24) is 5.32 Å². The molecule has 0 bridgehead atoms. The molecule has 0 saturated heterocycles. The van der Waals surface area contributed by atoms with E-state index in [2.05, 4.69) is 62.5 Å². The van der Waals surface area contributed by atoms with Gasteiger partial charge in [0.1, 0.15) is 6.10 Å². The molecular formula is C58H109NO5. The fourth-order valence-corrected chi connectivity index (χ4v) is 8.65. The maximum Gasteiger partial charge on any atom is 0.306 e. The fraction of sp³-hybridized carbons (Fsp3) is 0.862. The van der Waals surface area contributed by atoms with E-state index < -0.39 is 18.2 Å². The summed E-state index contributed by atoms with van der Waals surface area (Å²) in [4.78, 5) is 26.2. The summed E-state index contributed by atoms with van der Waals surface area (Å²) in [7, 11) is 0. The van der Waals surface area contributed by atoms with Gasteiger partial charge < -0.3 is 20.3 Å². The molecule has 6 heteroatoms. The molecule has 0 radical (unpaired) electrons. The number of unbranched alkanes of at least 4 members (excludes halogenated alkanes) is 34. The number of allylic oxidation sites excluding steroid dienone is 6. The van der Waals surface area contributed by atoms with Crippen molar-refractivity contribution in [3.63, 3.8) is 0 Å². The van der Waals surface area contributed by atoms with E-state index in [-0.39, 0.29) is 24.9 Å². The summed E-state index contributed by atoms with van der Waals surface area (Å²) >= 11 is 0. The first-order valence-electron chi connectivity index (χ1n) is 28.2. The third-order valence-corrected chi connectivity index (χ3v) is 13.0. The molecule has 64 heavy (non-hydrogen) atoms. The molecule has 0 fully saturated rings. The van der Waals surface area contributed by atoms with Crippen molar-refractivity contribution < 1.29 is 24.5 Å². The van der Waals surface area contributed by atoms with Crippen LogP contribution in [0.5, 0.6) is 0 Å². The molecule has 376 valence electrons. The normalized spacial score (nSPS) is 13.4. The molecule has 0 rings (SSSR count). The highest BCUT2D eigenvalue weighted by molar-refractivity contribution is 5.77. The van der Waals surface area contributed by atoms with Gasteiger partial charge in [-0.1, -0.05) is 243 Å². The predicted molar refractivity (Wildman–Crippen MR) is 278 cm³/mol. The predicted octanol–water partition coefficient (Wildman–Crippen LogP) is 17.2. The van der Waals surface area contributed by atoms with E-state index >= 15 is 0 Å². The molecule has 0 heterocycles. The first-order chi connectivity index (χ1) is 31.5. The van der Waals surface area contributed by atoms with E-state index in [1.165, 1.54) is 180 Å². The molecule has 0 aliphatic heterocycles. The lowest BCUT2D eigenvalue weighted by molar-refractivity contribution is -0.151. The Morgan fingerprint density at radius 1 is 0.453 bits per heavy atom. The van der Waals surface area contributed by atoms with Gasteiger partial charge in [0.05, 0.1) is 25.2 Å². The molecule has 0 saturated carbocycles. The number of amides is 1. The molecule has 0 spiro atoms. The number of carbonyl (C=O) groups is 2. The molecular weight excluding hydrogens is 791 g/mol. The molecule has 3 unspecified atom stereocenters. The van der Waals surface area contributed by atoms with Crippen LogP contribution in [-0.2, 0) is 14.3 Å². The van der Waals surface area contributed by atoms with Gasteiger partial charge in [-0.05, 0) is 77.0 Å². The molecule has 0 aliphatic carbocycles. The Kier molecular flexibility index (Phi) is 50.5. The van der Waals surface area contributed by atoms with Crippen LogP contribution >= 0.6 is 0 Å². The summed E-state index contributed by atoms with van der Waals surface area (Å²) in [5.74, 6) is -0.490. The second-order valence-corrected chi connectivity index (χ2v) is 19.4. The minimum atomic E-state index is -0.792. The first kappa shape index (κ1) is 62.1. The number of rotatable bonds is 51. The van der Waals surface area contributed by atoms with Crippen LogP contribution in [0.25, 0.3) is 0 Å². The van der Waals surface area contributed by atoms with Gasteiger partial charge in [-0.2, -0.15) is 0 Å². The van der Waals surface area contributed by atoms with Gasteiger partial charge in [0.2, 0.25) is 5.91 Å². The smallest absolute Gasteiger partial charge is 0.306 e. The van der Waals surface area contributed by atoms with Crippen LogP contribution in [0.3, 0.4) is 0 Å². The summed E-state index contributed by atoms with van der Waals surface area (Å²) in [5, 5.41) is 23.9. The zero-order valence-electron chi connectivity index (χ0n) is 42.9. The van der Waals surface area contributed by atoms with Crippen LogP contribution in [0, 0.1) is 0 Å². The van der Waals surface area contributed by atoms with Crippen LogP contribution in [0.4, 0.5) is 0 Å². The van der Waals surface area contributed by atoms with Gasteiger partial charge in [0, 0.05) is 6.42 Å². The summed E-state index contributed by atoms with van der Waals surface area (Å²) in [6, 6.07) is -0.707. The standard InChI is InChI=1S/C58H109NO5/c1-4-7-10-13-16-19-22-25-28-30-31-34-37-40-43-46-49-54(64-58(63)51-48-45-42-39-36-33-29-26-23-20-17-14-11-8-5-2)52-57(62)59-55(53-60)56(61)50-47-44-41-38-35-32-27-24-21-18-15-12-9-6-3/h17,20,23,26,31,34,54-56,60-61H,4-16,18-19,21-22,24-25,27-30,32-33,35-53H2,1-3H3,(H,59,62)/b20-17+,26-23+,34-31+. The highest BCUT2D eigenvalue weighted by Gasteiger charge is 2.24. The lowest BCUT2D eigenvalue weighted by Gasteiger charge is -2.24. The van der Waals surface area contributed by atoms with Crippen LogP contribution < -0.4 is 5.32 Å². The van der Waals surface area contributed by atoms with E-state index in [0.29, 0.717) is 19.3 Å². The summed E-state index contributed by atoms with van der Waals surface area (Å²) in [6.07, 6.45) is 62.0. The lowest BCUT2D eigenvalue weighted by Crippen LogP contribution is -2.46. The summed E-state index contributed by atoms with van der Waals surface area (Å²) in [6.45, 7) is 6.48. The Bertz CT molecular complexity index is 1060. The number of carbonyl (C=O) groups excluding carboxylic acids is 2. The number of ether oxygens (including phenoxy) is 1. The Labute approximate surface area is 398 Å². The average Bonchev–Trinajstić information content (AvgIpc) is 3.29. The Balaban J connectivity index is 4.59. The van der Waals surface area contributed by atoms with Crippen LogP contribution in [0.2, 0.25) is 0 Å². The largest absolute Gasteiger partial charge is 0.462 e. The van der Waals surface area contributed by atoms with E-state index in [1.807, 2.05) is 0 Å².